The fraction of sp³-hybridized carbons (Fsp3) is 1.00. The zero-order chi connectivity index (χ0) is 13.8. The first-order valence-corrected chi connectivity index (χ1v) is 9.35. The second kappa shape index (κ2) is 4.73. The molecule has 5 aliphatic rings. The van der Waals surface area contributed by atoms with Crippen LogP contribution in [0.2, 0.25) is 0 Å². The zero-order valence-electron chi connectivity index (χ0n) is 13.6. The molecule has 0 spiro atoms. The van der Waals surface area contributed by atoms with Crippen LogP contribution in [-0.2, 0) is 0 Å². The van der Waals surface area contributed by atoms with Crippen LogP contribution in [0.4, 0.5) is 0 Å². The lowest BCUT2D eigenvalue weighted by molar-refractivity contribution is -0.155. The van der Waals surface area contributed by atoms with Crippen molar-refractivity contribution in [1.82, 2.24) is 5.32 Å². The monoisotopic (exact) mass is 275 g/mol. The number of nitrogens with one attached hydrogen (secondary N) is 1. The lowest BCUT2D eigenvalue weighted by atomic mass is 9.39. The van der Waals surface area contributed by atoms with Crippen LogP contribution in [0.5, 0.6) is 0 Å². The minimum absolute atomic E-state index is 0.635. The molecule has 20 heavy (non-hydrogen) atoms. The molecule has 1 nitrogen and oxygen atoms in total. The van der Waals surface area contributed by atoms with E-state index in [1.54, 1.807) is 38.5 Å². The number of hydrogen-bond acceptors (Lipinski definition) is 1. The van der Waals surface area contributed by atoms with Gasteiger partial charge in [0.1, 0.15) is 0 Å². The molecule has 114 valence electrons. The fourth-order valence-electron chi connectivity index (χ4n) is 7.60. The molecule has 0 saturated heterocycles. The third-order valence-electron chi connectivity index (χ3n) is 8.10. The molecule has 1 heteroatoms. The fourth-order valence-corrected chi connectivity index (χ4v) is 7.60. The van der Waals surface area contributed by atoms with E-state index in [0.717, 1.165) is 29.2 Å². The smallest absolute Gasteiger partial charge is 0.00975 e. The first-order chi connectivity index (χ1) is 9.67. The summed E-state index contributed by atoms with van der Waals surface area (Å²) in [5.74, 6) is 3.30. The Labute approximate surface area is 125 Å². The molecule has 4 bridgehead atoms. The van der Waals surface area contributed by atoms with Crippen molar-refractivity contribution in [2.75, 3.05) is 7.05 Å². The topological polar surface area (TPSA) is 12.0 Å². The molecule has 1 N–H and O–H groups in total. The molecule has 0 amide bonds. The predicted molar refractivity (Wildman–Crippen MR) is 84.6 cm³/mol. The molecular weight excluding hydrogens is 242 g/mol. The van der Waals surface area contributed by atoms with E-state index in [9.17, 15) is 0 Å². The highest BCUT2D eigenvalue weighted by Gasteiger charge is 2.61. The second-order valence-corrected chi connectivity index (χ2v) is 8.93. The molecule has 0 aromatic carbocycles. The van der Waals surface area contributed by atoms with Crippen molar-refractivity contribution >= 4 is 0 Å². The molecule has 5 fully saturated rings. The summed E-state index contributed by atoms with van der Waals surface area (Å²) in [5.41, 5.74) is 1.36. The minimum Gasteiger partial charge on any atom is -0.317 e. The van der Waals surface area contributed by atoms with E-state index in [0.29, 0.717) is 5.41 Å². The maximum absolute atomic E-state index is 3.70. The Morgan fingerprint density at radius 2 is 1.35 bits per heavy atom. The highest BCUT2D eigenvalue weighted by molar-refractivity contribution is 5.12. The van der Waals surface area contributed by atoms with Crippen molar-refractivity contribution < 1.29 is 0 Å². The third-order valence-corrected chi connectivity index (χ3v) is 8.10. The average Bonchev–Trinajstić information content (AvgIpc) is 2.45. The van der Waals surface area contributed by atoms with Crippen molar-refractivity contribution in [3.8, 4) is 0 Å². The molecule has 5 rings (SSSR count). The van der Waals surface area contributed by atoms with Gasteiger partial charge in [-0.3, -0.25) is 0 Å². The molecule has 1 unspecified atom stereocenters. The summed E-state index contributed by atoms with van der Waals surface area (Å²) in [6.45, 7) is 2.50. The van der Waals surface area contributed by atoms with Crippen LogP contribution in [0.3, 0.4) is 0 Å². The minimum atomic E-state index is 0.635. The highest BCUT2D eigenvalue weighted by Crippen LogP contribution is 2.69. The lowest BCUT2D eigenvalue weighted by Crippen LogP contribution is -2.61. The van der Waals surface area contributed by atoms with Crippen LogP contribution in [0, 0.1) is 28.6 Å². The van der Waals surface area contributed by atoms with Crippen molar-refractivity contribution in [2.24, 2.45) is 28.6 Å². The normalized spacial score (nSPS) is 47.4. The molecule has 0 aromatic heterocycles. The van der Waals surface area contributed by atoms with E-state index in [1.165, 1.54) is 32.1 Å². The van der Waals surface area contributed by atoms with Gasteiger partial charge in [0.25, 0.3) is 0 Å². The standard InChI is InChI=1S/C19H33N/c1-14(20-2)19(6-4-3-5-7-19)18-11-15-8-16(12-18)10-17(9-15)13-18/h14-17,20H,3-13H2,1-2H3. The summed E-state index contributed by atoms with van der Waals surface area (Å²) >= 11 is 0. The van der Waals surface area contributed by atoms with Crippen LogP contribution >= 0.6 is 0 Å². The predicted octanol–water partition coefficient (Wildman–Crippen LogP) is 4.76. The second-order valence-electron chi connectivity index (χ2n) is 8.93. The van der Waals surface area contributed by atoms with Gasteiger partial charge in [0, 0.05) is 6.04 Å². The Morgan fingerprint density at radius 1 is 0.850 bits per heavy atom. The van der Waals surface area contributed by atoms with Gasteiger partial charge in [-0.05, 0) is 93.9 Å². The molecule has 0 heterocycles. The van der Waals surface area contributed by atoms with Gasteiger partial charge >= 0.3 is 0 Å². The van der Waals surface area contributed by atoms with E-state index < -0.39 is 0 Å². The Hall–Kier alpha value is -0.0400. The Kier molecular flexibility index (Phi) is 3.22. The van der Waals surface area contributed by atoms with Crippen LogP contribution in [0.15, 0.2) is 0 Å². The summed E-state index contributed by atoms with van der Waals surface area (Å²) in [6, 6.07) is 0.721. The van der Waals surface area contributed by atoms with Crippen molar-refractivity contribution in [1.29, 1.82) is 0 Å². The molecule has 0 radical (unpaired) electrons. The maximum Gasteiger partial charge on any atom is 0.00975 e. The summed E-state index contributed by atoms with van der Waals surface area (Å²) in [7, 11) is 2.21. The summed E-state index contributed by atoms with van der Waals surface area (Å²) < 4.78 is 0. The Bertz CT molecular complexity index is 331. The van der Waals surface area contributed by atoms with Crippen LogP contribution in [-0.4, -0.2) is 13.1 Å². The van der Waals surface area contributed by atoms with Gasteiger partial charge < -0.3 is 5.32 Å². The number of rotatable bonds is 3. The SMILES string of the molecule is CNC(C)C1(C23CC4CC(CC(C4)C2)C3)CCCCC1. The van der Waals surface area contributed by atoms with Crippen molar-refractivity contribution in [2.45, 2.75) is 83.6 Å². The van der Waals surface area contributed by atoms with E-state index in [4.69, 9.17) is 0 Å². The van der Waals surface area contributed by atoms with Gasteiger partial charge in [0.05, 0.1) is 0 Å². The Balaban J connectivity index is 1.71. The summed E-state index contributed by atoms with van der Waals surface area (Å²) in [5, 5.41) is 3.70. The average molecular weight is 275 g/mol. The van der Waals surface area contributed by atoms with Gasteiger partial charge in [-0.25, -0.2) is 0 Å². The van der Waals surface area contributed by atoms with Crippen LogP contribution < -0.4 is 5.32 Å². The molecule has 0 aliphatic heterocycles. The van der Waals surface area contributed by atoms with Crippen LogP contribution in [0.1, 0.15) is 77.6 Å². The van der Waals surface area contributed by atoms with E-state index in [2.05, 4.69) is 19.3 Å². The van der Waals surface area contributed by atoms with E-state index >= 15 is 0 Å². The van der Waals surface area contributed by atoms with Gasteiger partial charge in [-0.1, -0.05) is 19.3 Å². The van der Waals surface area contributed by atoms with Gasteiger partial charge in [-0.15, -0.1) is 0 Å². The van der Waals surface area contributed by atoms with Crippen LogP contribution in [0.25, 0.3) is 0 Å². The zero-order valence-corrected chi connectivity index (χ0v) is 13.6. The van der Waals surface area contributed by atoms with Gasteiger partial charge in [-0.2, -0.15) is 0 Å². The van der Waals surface area contributed by atoms with E-state index in [1.807, 2.05) is 0 Å². The number of hydrogen-bond donors (Lipinski definition) is 1. The largest absolute Gasteiger partial charge is 0.317 e. The molecule has 1 atom stereocenters. The van der Waals surface area contributed by atoms with Gasteiger partial charge in [0.15, 0.2) is 0 Å². The third kappa shape index (κ3) is 1.77. The maximum atomic E-state index is 3.70. The molecule has 5 saturated carbocycles. The van der Waals surface area contributed by atoms with E-state index in [-0.39, 0.29) is 0 Å². The first kappa shape index (κ1) is 13.6. The first-order valence-electron chi connectivity index (χ1n) is 9.35. The van der Waals surface area contributed by atoms with Gasteiger partial charge in [0.2, 0.25) is 0 Å². The summed E-state index contributed by atoms with van der Waals surface area (Å²) in [4.78, 5) is 0. The van der Waals surface area contributed by atoms with Crippen molar-refractivity contribution in [3.63, 3.8) is 0 Å². The Morgan fingerprint density at radius 3 is 1.80 bits per heavy atom. The summed E-state index contributed by atoms with van der Waals surface area (Å²) in [6.07, 6.45) is 17.0. The molecular formula is C19H33N. The quantitative estimate of drug-likeness (QED) is 0.783. The molecule has 0 aromatic rings. The van der Waals surface area contributed by atoms with Crippen molar-refractivity contribution in [3.05, 3.63) is 0 Å². The highest BCUT2D eigenvalue weighted by atomic mass is 14.9. The molecule has 5 aliphatic carbocycles. The lowest BCUT2D eigenvalue weighted by Gasteiger charge is -2.66.